The second kappa shape index (κ2) is 20.5. The van der Waals surface area contributed by atoms with Crippen molar-refractivity contribution in [3.8, 4) is 50.2 Å². The molecule has 0 bridgehead atoms. The predicted molar refractivity (Wildman–Crippen MR) is 374 cm³/mol. The Morgan fingerprint density at radius 1 is 0.267 bits per heavy atom. The van der Waals surface area contributed by atoms with Crippen molar-refractivity contribution in [1.82, 2.24) is 4.57 Å². The van der Waals surface area contributed by atoms with Crippen molar-refractivity contribution in [2.45, 2.75) is 131 Å². The predicted octanol–water partition coefficient (Wildman–Crippen LogP) is 24.3. The van der Waals surface area contributed by atoms with Crippen LogP contribution < -0.4 is 4.90 Å². The Hall–Kier alpha value is -8.72. The molecule has 0 aliphatic carbocycles. The number of nitrogens with zero attached hydrogens (tertiary/aromatic N) is 2. The van der Waals surface area contributed by atoms with Crippen LogP contribution in [0.25, 0.3) is 104 Å². The van der Waals surface area contributed by atoms with Gasteiger partial charge in [0.15, 0.2) is 0 Å². The lowest BCUT2D eigenvalue weighted by molar-refractivity contribution is 0.590. The molecule has 13 rings (SSSR count). The van der Waals surface area contributed by atoms with E-state index < -0.39 is 0 Å². The van der Waals surface area contributed by atoms with Crippen LogP contribution >= 0.6 is 0 Å². The zero-order valence-electron chi connectivity index (χ0n) is 53.3. The maximum Gasteiger partial charge on any atom is 0.0618 e. The molecule has 0 aliphatic heterocycles. The van der Waals surface area contributed by atoms with Crippen LogP contribution in [0.3, 0.4) is 0 Å². The van der Waals surface area contributed by atoms with E-state index in [1.54, 1.807) is 0 Å². The quantitative estimate of drug-likeness (QED) is 0.138. The molecule has 1 heterocycles. The topological polar surface area (TPSA) is 8.17 Å². The normalized spacial score (nSPS) is 12.8. The van der Waals surface area contributed by atoms with Crippen molar-refractivity contribution in [2.75, 3.05) is 4.90 Å². The molecule has 0 unspecified atom stereocenters. The van der Waals surface area contributed by atoms with Gasteiger partial charge < -0.3 is 9.47 Å². The average molecular weight is 1120 g/mol. The van der Waals surface area contributed by atoms with E-state index in [4.69, 9.17) is 0 Å². The monoisotopic (exact) mass is 1120 g/mol. The van der Waals surface area contributed by atoms with E-state index in [-0.39, 0.29) is 27.1 Å². The molecule has 12 aromatic carbocycles. The summed E-state index contributed by atoms with van der Waals surface area (Å²) in [5.41, 5.74) is 23.0. The molecular weight excluding hydrogens is 1040 g/mol. The highest BCUT2D eigenvalue weighted by molar-refractivity contribution is 6.28. The molecule has 0 atom stereocenters. The van der Waals surface area contributed by atoms with Gasteiger partial charge in [-0.2, -0.15) is 0 Å². The summed E-state index contributed by atoms with van der Waals surface area (Å²) in [5, 5.41) is 9.98. The molecule has 0 amide bonds. The van der Waals surface area contributed by atoms with Crippen LogP contribution in [0.5, 0.6) is 0 Å². The number of aromatic nitrogens is 1. The summed E-state index contributed by atoms with van der Waals surface area (Å²) in [5.74, 6) is 0. The highest BCUT2D eigenvalue weighted by Crippen LogP contribution is 2.54. The van der Waals surface area contributed by atoms with Gasteiger partial charge in [0.2, 0.25) is 0 Å². The zero-order chi connectivity index (χ0) is 60.4. The van der Waals surface area contributed by atoms with E-state index in [1.165, 1.54) is 115 Å². The van der Waals surface area contributed by atoms with Gasteiger partial charge in [-0.1, -0.05) is 286 Å². The number of hydrogen-bond donors (Lipinski definition) is 0. The molecule has 0 saturated heterocycles. The van der Waals surface area contributed by atoms with Crippen LogP contribution in [0.1, 0.15) is 132 Å². The lowest BCUT2D eigenvalue weighted by Crippen LogP contribution is -2.15. The number of hydrogen-bond acceptors (Lipinski definition) is 1. The average Bonchev–Trinajstić information content (AvgIpc) is 1.21. The molecule has 428 valence electrons. The van der Waals surface area contributed by atoms with Gasteiger partial charge in [-0.05, 0) is 147 Å². The Morgan fingerprint density at radius 2 is 0.640 bits per heavy atom. The van der Waals surface area contributed by atoms with Crippen molar-refractivity contribution in [3.05, 3.63) is 252 Å². The van der Waals surface area contributed by atoms with Gasteiger partial charge in [0.25, 0.3) is 0 Å². The molecular formula is C84H82N2. The summed E-state index contributed by atoms with van der Waals surface area (Å²) in [7, 11) is 0. The Morgan fingerprint density at radius 3 is 1.12 bits per heavy atom. The minimum Gasteiger partial charge on any atom is -0.309 e. The second-order valence-corrected chi connectivity index (χ2v) is 29.5. The van der Waals surface area contributed by atoms with Gasteiger partial charge in [-0.15, -0.1) is 0 Å². The largest absolute Gasteiger partial charge is 0.309 e. The van der Waals surface area contributed by atoms with Crippen LogP contribution in [0.2, 0.25) is 0 Å². The van der Waals surface area contributed by atoms with Gasteiger partial charge in [-0.3, -0.25) is 0 Å². The number of para-hydroxylation sites is 2. The van der Waals surface area contributed by atoms with E-state index >= 15 is 0 Å². The molecule has 2 heteroatoms. The van der Waals surface area contributed by atoms with E-state index in [0.29, 0.717) is 0 Å². The number of rotatable bonds is 8. The third-order valence-electron chi connectivity index (χ3n) is 18.4. The minimum atomic E-state index is -0.00184. The fourth-order valence-electron chi connectivity index (χ4n) is 13.3. The van der Waals surface area contributed by atoms with Gasteiger partial charge in [0.1, 0.15) is 0 Å². The minimum absolute atomic E-state index is 0.000152. The second-order valence-electron chi connectivity index (χ2n) is 29.5. The maximum atomic E-state index is 2.63. The van der Waals surface area contributed by atoms with Crippen molar-refractivity contribution < 1.29 is 0 Å². The van der Waals surface area contributed by atoms with Crippen LogP contribution in [0.15, 0.2) is 224 Å². The van der Waals surface area contributed by atoms with Crippen LogP contribution in [-0.4, -0.2) is 4.57 Å². The van der Waals surface area contributed by atoms with Crippen LogP contribution in [0.4, 0.5) is 17.1 Å². The third kappa shape index (κ3) is 9.86. The van der Waals surface area contributed by atoms with E-state index in [2.05, 4.69) is 338 Å². The molecule has 0 fully saturated rings. The SMILES string of the molecule is CC(C)(C)c1ccc(-c2ccccc2-c2ccccc2N(c2c(-c3ccc(C(C)(C)C)cc3)cccc2-c2ccc(C(C)(C)C)cc2)c2ccc3ccc4c(-n5c6ccc(C(C)(C)C)cc6c6cc(C(C)(C)C)ccc65)ccc5ccc2c3c54)cc1. The Labute approximate surface area is 511 Å². The Kier molecular flexibility index (Phi) is 13.4. The summed E-state index contributed by atoms with van der Waals surface area (Å²) in [6.07, 6.45) is 0. The molecule has 0 aliphatic rings. The van der Waals surface area contributed by atoms with E-state index in [1.807, 2.05) is 0 Å². The van der Waals surface area contributed by atoms with Crippen molar-refractivity contribution in [3.63, 3.8) is 0 Å². The van der Waals surface area contributed by atoms with Gasteiger partial charge in [-0.25, -0.2) is 0 Å². The Bertz CT molecular complexity index is 4570. The lowest BCUT2D eigenvalue weighted by atomic mass is 9.84. The van der Waals surface area contributed by atoms with Crippen molar-refractivity contribution >= 4 is 71.2 Å². The first kappa shape index (κ1) is 56.4. The van der Waals surface area contributed by atoms with Gasteiger partial charge >= 0.3 is 0 Å². The molecule has 0 N–H and O–H groups in total. The molecule has 0 spiro atoms. The summed E-state index contributed by atoms with van der Waals surface area (Å²) >= 11 is 0. The highest BCUT2D eigenvalue weighted by atomic mass is 15.2. The third-order valence-corrected chi connectivity index (χ3v) is 18.4. The summed E-state index contributed by atoms with van der Waals surface area (Å²) in [4.78, 5) is 2.63. The fourth-order valence-corrected chi connectivity index (χ4v) is 13.3. The number of benzene rings is 12. The molecule has 2 nitrogen and oxygen atoms in total. The Balaban J connectivity index is 1.12. The first-order valence-electron chi connectivity index (χ1n) is 31.1. The number of fused-ring (bicyclic) bond motifs is 3. The molecule has 1 aromatic heterocycles. The van der Waals surface area contributed by atoms with E-state index in [0.717, 1.165) is 33.8 Å². The first-order chi connectivity index (χ1) is 40.8. The van der Waals surface area contributed by atoms with Gasteiger partial charge in [0.05, 0.1) is 33.8 Å². The fraction of sp³-hybridized carbons (Fsp3) is 0.238. The summed E-state index contributed by atoms with van der Waals surface area (Å²) in [6, 6.07) is 86.5. The lowest BCUT2D eigenvalue weighted by Gasteiger charge is -2.33. The van der Waals surface area contributed by atoms with Crippen molar-refractivity contribution in [1.29, 1.82) is 0 Å². The highest BCUT2D eigenvalue weighted by Gasteiger charge is 2.30. The van der Waals surface area contributed by atoms with Crippen LogP contribution in [0, 0.1) is 0 Å². The van der Waals surface area contributed by atoms with Crippen molar-refractivity contribution in [2.24, 2.45) is 0 Å². The van der Waals surface area contributed by atoms with E-state index in [9.17, 15) is 0 Å². The molecule has 0 saturated carbocycles. The zero-order valence-corrected chi connectivity index (χ0v) is 53.3. The summed E-state index contributed by atoms with van der Waals surface area (Å²) in [6.45, 7) is 34.6. The molecule has 13 aromatic rings. The smallest absolute Gasteiger partial charge is 0.0618 e. The van der Waals surface area contributed by atoms with Gasteiger partial charge in [0, 0.05) is 38.2 Å². The number of anilines is 3. The van der Waals surface area contributed by atoms with Crippen LogP contribution in [-0.2, 0) is 27.1 Å². The summed E-state index contributed by atoms with van der Waals surface area (Å²) < 4.78 is 2.55. The molecule has 86 heavy (non-hydrogen) atoms. The standard InChI is InChI=1S/C84H82N2/c1-80(2,3)58-37-27-53(28-38-58)63-21-16-17-22-66(63)67-23-18-19-26-72(67)86(79-64(54-29-39-59(40-30-54)81(4,5)6)24-20-25-65(79)55-31-41-60(42-32-55)82(7,8)9)74-48-36-57-33-45-68-73(47-35-56-34-46-69(74)78(57)77(56)68)85-75-49-43-61(83(10,11)12)51-70(75)71-52-62(84(13,14)15)44-50-76(71)85/h16-52H,1-15H3. The maximum absolute atomic E-state index is 2.63. The first-order valence-corrected chi connectivity index (χ1v) is 31.1. The molecule has 0 radical (unpaired) electrons.